The van der Waals surface area contributed by atoms with Gasteiger partial charge in [-0.15, -0.1) is 0 Å². The van der Waals surface area contributed by atoms with Crippen molar-refractivity contribution < 1.29 is 4.74 Å². The average Bonchev–Trinajstić information content (AvgIpc) is 2.80. The van der Waals surface area contributed by atoms with Gasteiger partial charge in [-0.3, -0.25) is 0 Å². The minimum absolute atomic E-state index is 0.538. The normalized spacial score (nSPS) is 20.5. The molecular formula is C19H32N2O. The molecule has 3 heteroatoms. The van der Waals surface area contributed by atoms with Crippen LogP contribution < -0.4 is 10.6 Å². The van der Waals surface area contributed by atoms with Crippen molar-refractivity contribution in [3.05, 3.63) is 35.4 Å². The number of hydrogen-bond acceptors (Lipinski definition) is 3. The van der Waals surface area contributed by atoms with E-state index in [-0.39, 0.29) is 0 Å². The van der Waals surface area contributed by atoms with E-state index in [2.05, 4.69) is 41.8 Å². The zero-order chi connectivity index (χ0) is 15.6. The molecule has 22 heavy (non-hydrogen) atoms. The van der Waals surface area contributed by atoms with Crippen LogP contribution in [-0.4, -0.2) is 25.2 Å². The third-order valence-electron chi connectivity index (χ3n) is 4.52. The first-order valence-corrected chi connectivity index (χ1v) is 8.91. The molecule has 2 unspecified atom stereocenters. The van der Waals surface area contributed by atoms with E-state index in [1.807, 2.05) is 6.92 Å². The Morgan fingerprint density at radius 2 is 2.05 bits per heavy atom. The summed E-state index contributed by atoms with van der Waals surface area (Å²) in [6.07, 6.45) is 6.64. The molecule has 124 valence electrons. The molecule has 0 amide bonds. The maximum Gasteiger partial charge on any atom is 0.0719 e. The highest BCUT2D eigenvalue weighted by atomic mass is 16.5. The van der Waals surface area contributed by atoms with Crippen LogP contribution in [-0.2, 0) is 17.9 Å². The summed E-state index contributed by atoms with van der Waals surface area (Å²) in [5.41, 5.74) is 2.66. The highest BCUT2D eigenvalue weighted by Crippen LogP contribution is 2.14. The molecule has 0 spiro atoms. The van der Waals surface area contributed by atoms with Gasteiger partial charge in [-0.05, 0) is 50.8 Å². The van der Waals surface area contributed by atoms with Crippen molar-refractivity contribution in [1.82, 2.24) is 10.6 Å². The van der Waals surface area contributed by atoms with E-state index < -0.39 is 0 Å². The van der Waals surface area contributed by atoms with Gasteiger partial charge in [-0.2, -0.15) is 0 Å². The van der Waals surface area contributed by atoms with Crippen LogP contribution in [0.3, 0.4) is 0 Å². The Hall–Kier alpha value is -0.900. The highest BCUT2D eigenvalue weighted by molar-refractivity contribution is 5.26. The topological polar surface area (TPSA) is 33.3 Å². The van der Waals surface area contributed by atoms with Gasteiger partial charge in [-0.25, -0.2) is 0 Å². The van der Waals surface area contributed by atoms with E-state index in [1.54, 1.807) is 0 Å². The molecule has 2 atom stereocenters. The smallest absolute Gasteiger partial charge is 0.0719 e. The Kier molecular flexibility index (Phi) is 7.92. The number of nitrogens with one attached hydrogen (secondary N) is 2. The molecule has 0 saturated carbocycles. The molecule has 1 aromatic rings. The Bertz CT molecular complexity index is 414. The SMILES string of the molecule is CCOCc1ccccc1CNC(C)CC1CCCCCN1. The summed E-state index contributed by atoms with van der Waals surface area (Å²) in [6, 6.07) is 9.81. The predicted molar refractivity (Wildman–Crippen MR) is 92.9 cm³/mol. The predicted octanol–water partition coefficient (Wildman–Crippen LogP) is 3.62. The Morgan fingerprint density at radius 3 is 2.86 bits per heavy atom. The van der Waals surface area contributed by atoms with Crippen LogP contribution >= 0.6 is 0 Å². The molecule has 1 saturated heterocycles. The molecule has 1 aliphatic heterocycles. The zero-order valence-electron chi connectivity index (χ0n) is 14.2. The molecule has 0 aliphatic carbocycles. The van der Waals surface area contributed by atoms with Crippen molar-refractivity contribution in [3.8, 4) is 0 Å². The summed E-state index contributed by atoms with van der Waals surface area (Å²) in [6.45, 7) is 7.95. The quantitative estimate of drug-likeness (QED) is 0.769. The number of rotatable bonds is 8. The highest BCUT2D eigenvalue weighted by Gasteiger charge is 2.14. The van der Waals surface area contributed by atoms with Crippen molar-refractivity contribution >= 4 is 0 Å². The summed E-state index contributed by atoms with van der Waals surface area (Å²) >= 11 is 0. The first-order valence-electron chi connectivity index (χ1n) is 8.91. The van der Waals surface area contributed by atoms with Crippen molar-refractivity contribution in [2.24, 2.45) is 0 Å². The van der Waals surface area contributed by atoms with Crippen LogP contribution in [0.4, 0.5) is 0 Å². The summed E-state index contributed by atoms with van der Waals surface area (Å²) in [7, 11) is 0. The van der Waals surface area contributed by atoms with Gasteiger partial charge in [-0.1, -0.05) is 37.1 Å². The first kappa shape index (κ1) is 17.5. The van der Waals surface area contributed by atoms with E-state index in [0.717, 1.165) is 13.2 Å². The molecular weight excluding hydrogens is 272 g/mol. The lowest BCUT2D eigenvalue weighted by Gasteiger charge is -2.22. The third-order valence-corrected chi connectivity index (χ3v) is 4.52. The molecule has 1 aliphatic rings. The van der Waals surface area contributed by atoms with Gasteiger partial charge in [0.05, 0.1) is 6.61 Å². The molecule has 0 radical (unpaired) electrons. The van der Waals surface area contributed by atoms with Crippen molar-refractivity contribution in [3.63, 3.8) is 0 Å². The van der Waals surface area contributed by atoms with Crippen LogP contribution in [0.1, 0.15) is 57.1 Å². The maximum absolute atomic E-state index is 5.56. The summed E-state index contributed by atoms with van der Waals surface area (Å²) < 4.78 is 5.56. The molecule has 0 bridgehead atoms. The van der Waals surface area contributed by atoms with Gasteiger partial charge in [0.2, 0.25) is 0 Å². The van der Waals surface area contributed by atoms with E-state index in [0.29, 0.717) is 18.7 Å². The van der Waals surface area contributed by atoms with Gasteiger partial charge in [0.15, 0.2) is 0 Å². The molecule has 1 aromatic carbocycles. The van der Waals surface area contributed by atoms with E-state index in [9.17, 15) is 0 Å². The second-order valence-corrected chi connectivity index (χ2v) is 6.42. The van der Waals surface area contributed by atoms with Crippen LogP contribution in [0.15, 0.2) is 24.3 Å². The van der Waals surface area contributed by atoms with Crippen LogP contribution in [0.5, 0.6) is 0 Å². The Morgan fingerprint density at radius 1 is 1.23 bits per heavy atom. The van der Waals surface area contributed by atoms with Crippen molar-refractivity contribution in [2.45, 2.75) is 71.2 Å². The first-order chi connectivity index (χ1) is 10.8. The Balaban J connectivity index is 1.78. The van der Waals surface area contributed by atoms with Crippen LogP contribution in [0.25, 0.3) is 0 Å². The fraction of sp³-hybridized carbons (Fsp3) is 0.684. The van der Waals surface area contributed by atoms with Crippen molar-refractivity contribution in [2.75, 3.05) is 13.2 Å². The lowest BCUT2D eigenvalue weighted by Crippen LogP contribution is -2.36. The zero-order valence-corrected chi connectivity index (χ0v) is 14.2. The Labute approximate surface area is 135 Å². The maximum atomic E-state index is 5.56. The molecule has 1 fully saturated rings. The van der Waals surface area contributed by atoms with Gasteiger partial charge in [0.1, 0.15) is 0 Å². The second-order valence-electron chi connectivity index (χ2n) is 6.42. The standard InChI is InChI=1S/C19H32N2O/c1-3-22-15-18-10-7-6-9-17(18)14-21-16(2)13-19-11-5-4-8-12-20-19/h6-7,9-10,16,19-21H,3-5,8,11-15H2,1-2H3. The summed E-state index contributed by atoms with van der Waals surface area (Å²) in [5, 5.41) is 7.38. The van der Waals surface area contributed by atoms with Gasteiger partial charge in [0, 0.05) is 25.2 Å². The number of benzene rings is 1. The largest absolute Gasteiger partial charge is 0.377 e. The number of ether oxygens (including phenoxy) is 1. The van der Waals surface area contributed by atoms with Gasteiger partial charge < -0.3 is 15.4 Å². The summed E-state index contributed by atoms with van der Waals surface area (Å²) in [5.74, 6) is 0. The van der Waals surface area contributed by atoms with Crippen molar-refractivity contribution in [1.29, 1.82) is 0 Å². The van der Waals surface area contributed by atoms with Crippen LogP contribution in [0.2, 0.25) is 0 Å². The average molecular weight is 304 g/mol. The van der Waals surface area contributed by atoms with Crippen LogP contribution in [0, 0.1) is 0 Å². The summed E-state index contributed by atoms with van der Waals surface area (Å²) in [4.78, 5) is 0. The molecule has 1 heterocycles. The van der Waals surface area contributed by atoms with Gasteiger partial charge >= 0.3 is 0 Å². The second kappa shape index (κ2) is 9.98. The molecule has 2 N–H and O–H groups in total. The fourth-order valence-electron chi connectivity index (χ4n) is 3.18. The van der Waals surface area contributed by atoms with E-state index >= 15 is 0 Å². The van der Waals surface area contributed by atoms with Gasteiger partial charge in [0.25, 0.3) is 0 Å². The third kappa shape index (κ3) is 6.07. The minimum Gasteiger partial charge on any atom is -0.377 e. The lowest BCUT2D eigenvalue weighted by atomic mass is 10.0. The molecule has 0 aromatic heterocycles. The molecule has 2 rings (SSSR count). The van der Waals surface area contributed by atoms with E-state index in [1.165, 1.54) is 49.8 Å². The lowest BCUT2D eigenvalue weighted by molar-refractivity contribution is 0.133. The fourth-order valence-corrected chi connectivity index (χ4v) is 3.18. The molecule has 3 nitrogen and oxygen atoms in total. The number of hydrogen-bond donors (Lipinski definition) is 2. The van der Waals surface area contributed by atoms with E-state index in [4.69, 9.17) is 4.74 Å². The monoisotopic (exact) mass is 304 g/mol. The minimum atomic E-state index is 0.538.